The Morgan fingerprint density at radius 3 is 1.92 bits per heavy atom. The van der Waals surface area contributed by atoms with Gasteiger partial charge in [0.05, 0.1) is 12.5 Å². The van der Waals surface area contributed by atoms with E-state index in [-0.39, 0.29) is 43.8 Å². The maximum atomic E-state index is 11.2. The number of aliphatic hydroxyl groups is 2. The fourth-order valence-electron chi connectivity index (χ4n) is 2.99. The summed E-state index contributed by atoms with van der Waals surface area (Å²) in [4.78, 5) is 22.0. The fourth-order valence-corrected chi connectivity index (χ4v) is 2.99. The summed E-state index contributed by atoms with van der Waals surface area (Å²) in [5, 5.41) is 30.1. The van der Waals surface area contributed by atoms with Crippen LogP contribution in [0, 0.1) is 0 Å². The molecule has 0 radical (unpaired) electrons. The van der Waals surface area contributed by atoms with Crippen LogP contribution in [0.15, 0.2) is 0 Å². The van der Waals surface area contributed by atoms with E-state index in [1.54, 1.807) is 0 Å². The molecule has 0 aliphatic heterocycles. The third kappa shape index (κ3) is 18.6. The van der Waals surface area contributed by atoms with Crippen molar-refractivity contribution >= 4 is 11.9 Å². The van der Waals surface area contributed by atoms with Crippen LogP contribution in [0.5, 0.6) is 0 Å². The monoisotopic (exact) mass is 383 g/mol. The van der Waals surface area contributed by atoms with Crippen LogP contribution in [0.2, 0.25) is 0 Å². The molecule has 26 heavy (non-hydrogen) atoms. The number of amides is 1. The summed E-state index contributed by atoms with van der Waals surface area (Å²) in [5.41, 5.74) is 0. The SMILES string of the molecule is CCCCCCCCCCCCC(O)CC(CC(=O)O)NC(=O)CO.[H-].[Na+]. The first-order valence-corrected chi connectivity index (χ1v) is 9.79. The topological polar surface area (TPSA) is 107 Å². The third-order valence-electron chi connectivity index (χ3n) is 4.38. The van der Waals surface area contributed by atoms with E-state index in [4.69, 9.17) is 10.2 Å². The van der Waals surface area contributed by atoms with Gasteiger partial charge in [-0.1, -0.05) is 71.1 Å². The summed E-state index contributed by atoms with van der Waals surface area (Å²) in [6, 6.07) is -0.643. The number of carbonyl (C=O) groups excluding carboxylic acids is 1. The molecule has 0 aromatic carbocycles. The van der Waals surface area contributed by atoms with Crippen LogP contribution in [0.25, 0.3) is 0 Å². The summed E-state index contributed by atoms with van der Waals surface area (Å²) in [7, 11) is 0. The zero-order valence-corrected chi connectivity index (χ0v) is 18.7. The van der Waals surface area contributed by atoms with Crippen LogP contribution in [0.3, 0.4) is 0 Å². The summed E-state index contributed by atoms with van der Waals surface area (Å²) in [5.74, 6) is -1.65. The van der Waals surface area contributed by atoms with Crippen LogP contribution in [-0.2, 0) is 9.59 Å². The van der Waals surface area contributed by atoms with Gasteiger partial charge in [0, 0.05) is 6.04 Å². The van der Waals surface area contributed by atoms with Gasteiger partial charge in [-0.3, -0.25) is 9.59 Å². The van der Waals surface area contributed by atoms with Crippen molar-refractivity contribution in [2.75, 3.05) is 6.61 Å². The van der Waals surface area contributed by atoms with Crippen molar-refractivity contribution in [3.63, 3.8) is 0 Å². The maximum Gasteiger partial charge on any atom is 1.00 e. The average Bonchev–Trinajstić information content (AvgIpc) is 2.55. The molecule has 0 aromatic heterocycles. The van der Waals surface area contributed by atoms with Gasteiger partial charge in [-0.25, -0.2) is 0 Å². The molecule has 0 spiro atoms. The van der Waals surface area contributed by atoms with E-state index in [2.05, 4.69) is 12.2 Å². The maximum absolute atomic E-state index is 11.2. The van der Waals surface area contributed by atoms with Crippen LogP contribution in [-0.4, -0.2) is 45.9 Å². The van der Waals surface area contributed by atoms with Crippen molar-refractivity contribution in [3.05, 3.63) is 0 Å². The average molecular weight is 384 g/mol. The van der Waals surface area contributed by atoms with E-state index < -0.39 is 30.6 Å². The first-order valence-electron chi connectivity index (χ1n) is 9.79. The van der Waals surface area contributed by atoms with Gasteiger partial charge >= 0.3 is 35.5 Å². The van der Waals surface area contributed by atoms with Crippen molar-refractivity contribution in [1.29, 1.82) is 0 Å². The Labute approximate surface area is 181 Å². The molecule has 7 heteroatoms. The number of unbranched alkanes of at least 4 members (excludes halogenated alkanes) is 9. The summed E-state index contributed by atoms with van der Waals surface area (Å²) in [6.45, 7) is 1.55. The molecule has 2 unspecified atom stereocenters. The molecule has 0 heterocycles. The Hall–Kier alpha value is -0.140. The zero-order chi connectivity index (χ0) is 18.9. The van der Waals surface area contributed by atoms with Gasteiger partial charge < -0.3 is 22.1 Å². The van der Waals surface area contributed by atoms with Crippen molar-refractivity contribution < 1.29 is 55.9 Å². The van der Waals surface area contributed by atoms with E-state index in [9.17, 15) is 14.7 Å². The molecule has 0 rings (SSSR count). The van der Waals surface area contributed by atoms with E-state index in [1.165, 1.54) is 51.4 Å². The van der Waals surface area contributed by atoms with Crippen LogP contribution in [0.1, 0.15) is 91.8 Å². The van der Waals surface area contributed by atoms with Crippen molar-refractivity contribution in [3.8, 4) is 0 Å². The van der Waals surface area contributed by atoms with E-state index >= 15 is 0 Å². The van der Waals surface area contributed by atoms with Gasteiger partial charge in [0.15, 0.2) is 0 Å². The quantitative estimate of drug-likeness (QED) is 0.211. The van der Waals surface area contributed by atoms with Gasteiger partial charge in [-0.05, 0) is 12.8 Å². The van der Waals surface area contributed by atoms with Gasteiger partial charge in [-0.15, -0.1) is 0 Å². The Morgan fingerprint density at radius 1 is 0.962 bits per heavy atom. The Kier molecular flexibility index (Phi) is 21.2. The van der Waals surface area contributed by atoms with Gasteiger partial charge in [0.25, 0.3) is 0 Å². The first kappa shape index (κ1) is 28.1. The molecule has 2 atom stereocenters. The molecule has 0 aromatic rings. The number of hydrogen-bond donors (Lipinski definition) is 4. The zero-order valence-electron chi connectivity index (χ0n) is 17.7. The molecule has 1 amide bonds. The summed E-state index contributed by atoms with van der Waals surface area (Å²) >= 11 is 0. The molecule has 0 fully saturated rings. The number of rotatable bonds is 17. The van der Waals surface area contributed by atoms with Gasteiger partial charge in [0.2, 0.25) is 5.91 Å². The van der Waals surface area contributed by atoms with Crippen LogP contribution >= 0.6 is 0 Å². The Morgan fingerprint density at radius 2 is 1.46 bits per heavy atom. The standard InChI is InChI=1S/C19H37NO5.Na.H/c1-2-3-4-5-6-7-8-9-10-11-12-17(22)13-16(14-19(24)25)20-18(23)15-21;;/h16-17,21-22H,2-15H2,1H3,(H,20,23)(H,24,25);;/q;+1;-1. The normalized spacial score (nSPS) is 12.9. The molecular formula is C19H38NNaO5. The predicted molar refractivity (Wildman–Crippen MR) is 99.5 cm³/mol. The molecule has 0 saturated carbocycles. The summed E-state index contributed by atoms with van der Waals surface area (Å²) < 4.78 is 0. The molecule has 0 bridgehead atoms. The van der Waals surface area contributed by atoms with Crippen molar-refractivity contribution in [2.24, 2.45) is 0 Å². The van der Waals surface area contributed by atoms with E-state index in [0.29, 0.717) is 6.42 Å². The van der Waals surface area contributed by atoms with Crippen molar-refractivity contribution in [1.82, 2.24) is 5.32 Å². The molecule has 0 aliphatic rings. The number of hydrogen-bond acceptors (Lipinski definition) is 4. The van der Waals surface area contributed by atoms with Crippen LogP contribution < -0.4 is 34.9 Å². The molecule has 6 nitrogen and oxygen atoms in total. The molecular weight excluding hydrogens is 345 g/mol. The predicted octanol–water partition coefficient (Wildman–Crippen LogP) is 0.117. The minimum Gasteiger partial charge on any atom is -1.00 e. The molecule has 0 saturated heterocycles. The number of aliphatic hydroxyl groups excluding tert-OH is 2. The number of carbonyl (C=O) groups is 2. The minimum absolute atomic E-state index is 0. The fraction of sp³-hybridized carbons (Fsp3) is 0.895. The number of carboxylic acids is 1. The second-order valence-corrected chi connectivity index (χ2v) is 6.88. The van der Waals surface area contributed by atoms with Crippen molar-refractivity contribution in [2.45, 2.75) is 103 Å². The number of nitrogens with one attached hydrogen (secondary N) is 1. The third-order valence-corrected chi connectivity index (χ3v) is 4.38. The summed E-state index contributed by atoms with van der Waals surface area (Å²) in [6.07, 6.45) is 12.2. The van der Waals surface area contributed by atoms with E-state index in [0.717, 1.165) is 12.8 Å². The largest absolute Gasteiger partial charge is 1.00 e. The Bertz CT molecular complexity index is 361. The second kappa shape index (κ2) is 19.6. The van der Waals surface area contributed by atoms with E-state index in [1.807, 2.05) is 0 Å². The number of aliphatic carboxylic acids is 1. The smallest absolute Gasteiger partial charge is 1.00 e. The first-order chi connectivity index (χ1) is 12.0. The van der Waals surface area contributed by atoms with Gasteiger partial charge in [0.1, 0.15) is 6.61 Å². The second-order valence-electron chi connectivity index (χ2n) is 6.88. The van der Waals surface area contributed by atoms with Gasteiger partial charge in [-0.2, -0.15) is 0 Å². The molecule has 150 valence electrons. The Balaban J connectivity index is -0.00000288. The molecule has 0 aliphatic carbocycles. The molecule has 4 N–H and O–H groups in total. The van der Waals surface area contributed by atoms with Crippen LogP contribution in [0.4, 0.5) is 0 Å². The number of carboxylic acid groups (broad SMARTS) is 1. The minimum atomic E-state index is -1.03.